The number of H-pyrrole nitrogens is 1. The molecule has 1 aromatic carbocycles. The number of aromatic nitrogens is 2. The molecule has 3 heterocycles. The molecule has 1 aliphatic rings. The lowest BCUT2D eigenvalue weighted by Gasteiger charge is -2.25. The molecular weight excluding hydrogens is 406 g/mol. The zero-order valence-corrected chi connectivity index (χ0v) is 15.4. The van der Waals surface area contributed by atoms with Crippen LogP contribution in [0.2, 0.25) is 0 Å². The van der Waals surface area contributed by atoms with Gasteiger partial charge in [-0.2, -0.15) is 0 Å². The van der Waals surface area contributed by atoms with E-state index >= 15 is 0 Å². The summed E-state index contributed by atoms with van der Waals surface area (Å²) < 4.78 is 1.35. The molecule has 1 aliphatic heterocycles. The lowest BCUT2D eigenvalue weighted by atomic mass is 9.91. The molecular formula is C17H14BrN3O3S. The van der Waals surface area contributed by atoms with Crippen molar-refractivity contribution in [3.05, 3.63) is 61.9 Å². The molecule has 0 radical (unpaired) electrons. The Balaban J connectivity index is 1.86. The van der Waals surface area contributed by atoms with Crippen molar-refractivity contribution in [2.24, 2.45) is 0 Å². The second-order valence-electron chi connectivity index (χ2n) is 5.94. The van der Waals surface area contributed by atoms with Crippen molar-refractivity contribution < 1.29 is 9.90 Å². The summed E-state index contributed by atoms with van der Waals surface area (Å²) in [6.07, 6.45) is -0.312. The number of halogens is 1. The summed E-state index contributed by atoms with van der Waals surface area (Å²) in [5.74, 6) is 0.358. The van der Waals surface area contributed by atoms with Crippen molar-refractivity contribution in [2.75, 3.05) is 6.54 Å². The number of thiophene rings is 1. The van der Waals surface area contributed by atoms with Crippen LogP contribution in [0, 0.1) is 0 Å². The minimum atomic E-state index is -1.00. The summed E-state index contributed by atoms with van der Waals surface area (Å²) in [7, 11) is 0. The molecule has 128 valence electrons. The van der Waals surface area contributed by atoms with Crippen LogP contribution in [0.15, 0.2) is 45.0 Å². The van der Waals surface area contributed by atoms with Crippen molar-refractivity contribution in [3.63, 3.8) is 0 Å². The Morgan fingerprint density at radius 2 is 2.12 bits per heavy atom. The minimum Gasteiger partial charge on any atom is -0.465 e. The SMILES string of the molecule is O=C(O)N1CCC(c2ccccc2)C1c1nc2cc(Br)sc2c(=O)[nH]1. The lowest BCUT2D eigenvalue weighted by molar-refractivity contribution is 0.136. The molecule has 6 nitrogen and oxygen atoms in total. The first kappa shape index (κ1) is 16.3. The molecule has 0 bridgehead atoms. The van der Waals surface area contributed by atoms with Gasteiger partial charge in [-0.05, 0) is 34.0 Å². The second-order valence-corrected chi connectivity index (χ2v) is 8.37. The smallest absolute Gasteiger partial charge is 0.407 e. The number of hydrogen-bond acceptors (Lipinski definition) is 4. The largest absolute Gasteiger partial charge is 0.465 e. The van der Waals surface area contributed by atoms with Crippen molar-refractivity contribution in [1.29, 1.82) is 0 Å². The quantitative estimate of drug-likeness (QED) is 0.657. The highest BCUT2D eigenvalue weighted by Gasteiger charge is 2.40. The average Bonchev–Trinajstić information content (AvgIpc) is 3.19. The Morgan fingerprint density at radius 3 is 2.84 bits per heavy atom. The number of hydrogen-bond donors (Lipinski definition) is 2. The van der Waals surface area contributed by atoms with Crippen LogP contribution >= 0.6 is 27.3 Å². The number of likely N-dealkylation sites (tertiary alicyclic amines) is 1. The van der Waals surface area contributed by atoms with Gasteiger partial charge < -0.3 is 10.1 Å². The maximum atomic E-state index is 12.4. The third kappa shape index (κ3) is 2.85. The van der Waals surface area contributed by atoms with Crippen LogP contribution in [-0.4, -0.2) is 32.6 Å². The van der Waals surface area contributed by atoms with Gasteiger partial charge in [0.25, 0.3) is 5.56 Å². The van der Waals surface area contributed by atoms with Crippen LogP contribution in [0.1, 0.15) is 29.8 Å². The summed E-state index contributed by atoms with van der Waals surface area (Å²) in [5.41, 5.74) is 1.39. The van der Waals surface area contributed by atoms with Crippen LogP contribution in [-0.2, 0) is 0 Å². The van der Waals surface area contributed by atoms with E-state index in [0.717, 1.165) is 9.35 Å². The van der Waals surface area contributed by atoms with E-state index in [9.17, 15) is 14.7 Å². The van der Waals surface area contributed by atoms with Crippen LogP contribution in [0.25, 0.3) is 10.2 Å². The molecule has 1 fully saturated rings. The van der Waals surface area contributed by atoms with E-state index < -0.39 is 12.1 Å². The van der Waals surface area contributed by atoms with Gasteiger partial charge in [-0.25, -0.2) is 9.78 Å². The highest BCUT2D eigenvalue weighted by Crippen LogP contribution is 2.42. The Hall–Kier alpha value is -2.19. The summed E-state index contributed by atoms with van der Waals surface area (Å²) in [5, 5.41) is 9.60. The molecule has 2 unspecified atom stereocenters. The van der Waals surface area contributed by atoms with Gasteiger partial charge in [-0.3, -0.25) is 9.69 Å². The number of rotatable bonds is 2. The Bertz CT molecular complexity index is 1000. The molecule has 8 heteroatoms. The molecule has 2 atom stereocenters. The van der Waals surface area contributed by atoms with Gasteiger partial charge in [-0.1, -0.05) is 30.3 Å². The first-order valence-corrected chi connectivity index (χ1v) is 9.39. The van der Waals surface area contributed by atoms with E-state index in [-0.39, 0.29) is 11.5 Å². The van der Waals surface area contributed by atoms with Crippen LogP contribution < -0.4 is 5.56 Å². The third-order valence-electron chi connectivity index (χ3n) is 4.52. The van der Waals surface area contributed by atoms with Crippen LogP contribution in [0.4, 0.5) is 4.79 Å². The maximum absolute atomic E-state index is 12.4. The van der Waals surface area contributed by atoms with Crippen molar-refractivity contribution in [1.82, 2.24) is 14.9 Å². The fraction of sp³-hybridized carbons (Fsp3) is 0.235. The standard InChI is InChI=1S/C17H14BrN3O3S/c18-12-8-11-14(25-12)16(22)20-15(19-11)13-10(6-7-21(13)17(23)24)9-4-2-1-3-5-9/h1-5,8,10,13H,6-7H2,(H,23,24)(H,19,20,22). The lowest BCUT2D eigenvalue weighted by Crippen LogP contribution is -2.32. The minimum absolute atomic E-state index is 0.0417. The summed E-state index contributed by atoms with van der Waals surface area (Å²) in [6.45, 7) is 0.411. The first-order chi connectivity index (χ1) is 12.0. The number of carboxylic acid groups (broad SMARTS) is 1. The van der Waals surface area contributed by atoms with Crippen molar-refractivity contribution in [3.8, 4) is 0 Å². The number of aromatic amines is 1. The fourth-order valence-electron chi connectivity index (χ4n) is 3.46. The number of benzene rings is 1. The van der Waals surface area contributed by atoms with Crippen molar-refractivity contribution in [2.45, 2.75) is 18.4 Å². The normalized spacial score (nSPS) is 20.3. The molecule has 1 amide bonds. The maximum Gasteiger partial charge on any atom is 0.407 e. The van der Waals surface area contributed by atoms with Gasteiger partial charge in [0, 0.05) is 12.5 Å². The van der Waals surface area contributed by atoms with E-state index in [2.05, 4.69) is 25.9 Å². The molecule has 25 heavy (non-hydrogen) atoms. The third-order valence-corrected chi connectivity index (χ3v) is 6.15. The Morgan fingerprint density at radius 1 is 1.36 bits per heavy atom. The van der Waals surface area contributed by atoms with Gasteiger partial charge in [-0.15, -0.1) is 11.3 Å². The number of carbonyl (C=O) groups is 1. The first-order valence-electron chi connectivity index (χ1n) is 7.78. The van der Waals surface area contributed by atoms with Crippen LogP contribution in [0.3, 0.4) is 0 Å². The zero-order valence-electron chi connectivity index (χ0n) is 13.0. The number of amides is 1. The number of nitrogens with one attached hydrogen (secondary N) is 1. The van der Waals surface area contributed by atoms with E-state index in [4.69, 9.17) is 0 Å². The van der Waals surface area contributed by atoms with Gasteiger partial charge in [0.1, 0.15) is 16.6 Å². The summed E-state index contributed by atoms with van der Waals surface area (Å²) in [6, 6.07) is 11.1. The predicted octanol–water partition coefficient (Wildman–Crippen LogP) is 3.96. The van der Waals surface area contributed by atoms with Gasteiger partial charge in [0.15, 0.2) is 0 Å². The molecule has 4 rings (SSSR count). The Kier molecular flexibility index (Phi) is 4.09. The molecule has 2 N–H and O–H groups in total. The molecule has 3 aromatic rings. The molecule has 1 saturated heterocycles. The average molecular weight is 420 g/mol. The topological polar surface area (TPSA) is 86.3 Å². The predicted molar refractivity (Wildman–Crippen MR) is 99.2 cm³/mol. The monoisotopic (exact) mass is 419 g/mol. The summed E-state index contributed by atoms with van der Waals surface area (Å²) >= 11 is 4.69. The van der Waals surface area contributed by atoms with E-state index in [0.29, 0.717) is 29.0 Å². The fourth-order valence-corrected chi connectivity index (χ4v) is 4.88. The molecule has 2 aromatic heterocycles. The highest BCUT2D eigenvalue weighted by molar-refractivity contribution is 9.11. The Labute approximate surface area is 155 Å². The molecule has 0 spiro atoms. The van der Waals surface area contributed by atoms with Gasteiger partial charge in [0.2, 0.25) is 0 Å². The van der Waals surface area contributed by atoms with E-state index in [1.165, 1.54) is 16.2 Å². The molecule has 0 saturated carbocycles. The van der Waals surface area contributed by atoms with Crippen LogP contribution in [0.5, 0.6) is 0 Å². The van der Waals surface area contributed by atoms with Crippen molar-refractivity contribution >= 4 is 43.6 Å². The number of fused-ring (bicyclic) bond motifs is 1. The zero-order chi connectivity index (χ0) is 17.6. The molecule has 0 aliphatic carbocycles. The van der Waals surface area contributed by atoms with E-state index in [1.807, 2.05) is 30.3 Å². The summed E-state index contributed by atoms with van der Waals surface area (Å²) in [4.78, 5) is 32.9. The van der Waals surface area contributed by atoms with Gasteiger partial charge >= 0.3 is 6.09 Å². The van der Waals surface area contributed by atoms with E-state index in [1.54, 1.807) is 6.07 Å². The second kappa shape index (κ2) is 6.27. The van der Waals surface area contributed by atoms with Gasteiger partial charge in [0.05, 0.1) is 9.30 Å². The highest BCUT2D eigenvalue weighted by atomic mass is 79.9. The number of nitrogens with zero attached hydrogens (tertiary/aromatic N) is 2.